The molecular weight excluding hydrogens is 620 g/mol. The molecule has 0 aliphatic carbocycles. The number of nitrogen functional groups attached to an aromatic ring is 1. The minimum Gasteiger partial charge on any atom is -0.489 e. The lowest BCUT2D eigenvalue weighted by molar-refractivity contribution is 0.0879. The maximum Gasteiger partial charge on any atom is 0.319 e. The fourth-order valence-electron chi connectivity index (χ4n) is 7.78. The van der Waals surface area contributed by atoms with Crippen LogP contribution in [0.5, 0.6) is 11.8 Å². The minimum absolute atomic E-state index is 0.00794. The first-order valence-corrected chi connectivity index (χ1v) is 16.7. The van der Waals surface area contributed by atoms with Crippen molar-refractivity contribution in [3.05, 3.63) is 34.4 Å². The van der Waals surface area contributed by atoms with Crippen molar-refractivity contribution in [3.8, 4) is 29.0 Å². The van der Waals surface area contributed by atoms with Crippen molar-refractivity contribution in [3.63, 3.8) is 0 Å². The normalized spacial score (nSPS) is 25.1. The molecule has 4 aromatic rings. The van der Waals surface area contributed by atoms with E-state index in [0.717, 1.165) is 63.0 Å². The zero-order valence-corrected chi connectivity index (χ0v) is 26.3. The Balaban J connectivity index is 1.39. The lowest BCUT2D eigenvalue weighted by Gasteiger charge is -2.32. The fourth-order valence-corrected chi connectivity index (χ4v) is 9.06. The molecule has 4 unspecified atom stereocenters. The van der Waals surface area contributed by atoms with E-state index >= 15 is 4.39 Å². The molecule has 4 bridgehead atoms. The predicted octanol–water partition coefficient (Wildman–Crippen LogP) is 5.85. The molecule has 0 spiro atoms. The van der Waals surface area contributed by atoms with Crippen molar-refractivity contribution in [2.75, 3.05) is 43.9 Å². The van der Waals surface area contributed by atoms with Gasteiger partial charge in [0.25, 0.3) is 0 Å². The molecule has 3 N–H and O–H groups in total. The Labute approximate surface area is 267 Å². The summed E-state index contributed by atoms with van der Waals surface area (Å²) in [7, 11) is 2.12. The quantitative estimate of drug-likeness (QED) is 0.276. The van der Waals surface area contributed by atoms with E-state index in [1.165, 1.54) is 12.1 Å². The Morgan fingerprint density at radius 2 is 2.02 bits per heavy atom. The van der Waals surface area contributed by atoms with E-state index < -0.39 is 11.6 Å². The molecule has 4 atom stereocenters. The zero-order valence-electron chi connectivity index (χ0n) is 24.7. The second kappa shape index (κ2) is 11.1. The van der Waals surface area contributed by atoms with Crippen LogP contribution in [-0.2, 0) is 0 Å². The number of nitriles is 1. The van der Waals surface area contributed by atoms with Crippen LogP contribution in [0.1, 0.15) is 44.1 Å². The van der Waals surface area contributed by atoms with Crippen LogP contribution >= 0.6 is 22.9 Å². The van der Waals surface area contributed by atoms with Gasteiger partial charge in [0.05, 0.1) is 27.2 Å². The summed E-state index contributed by atoms with van der Waals surface area (Å²) in [6.45, 7) is 2.57. The predicted molar refractivity (Wildman–Crippen MR) is 171 cm³/mol. The minimum atomic E-state index is -0.719. The van der Waals surface area contributed by atoms with Crippen molar-refractivity contribution in [1.29, 1.82) is 5.26 Å². The van der Waals surface area contributed by atoms with Crippen LogP contribution < -0.4 is 25.4 Å². The molecule has 4 aliphatic rings. The maximum atomic E-state index is 17.2. The monoisotopic (exact) mass is 651 g/mol. The number of aromatic nitrogens is 2. The molecule has 4 aliphatic heterocycles. The molecule has 8 rings (SSSR count). The van der Waals surface area contributed by atoms with Crippen LogP contribution in [0.3, 0.4) is 0 Å². The van der Waals surface area contributed by atoms with Gasteiger partial charge >= 0.3 is 6.01 Å². The third-order valence-corrected chi connectivity index (χ3v) is 11.3. The summed E-state index contributed by atoms with van der Waals surface area (Å²) in [6.07, 6.45) is 5.75. The van der Waals surface area contributed by atoms with E-state index in [-0.39, 0.29) is 78.9 Å². The van der Waals surface area contributed by atoms with Crippen LogP contribution in [0.25, 0.3) is 32.1 Å². The van der Waals surface area contributed by atoms with Gasteiger partial charge in [-0.2, -0.15) is 15.2 Å². The number of thiophene rings is 1. The van der Waals surface area contributed by atoms with Crippen molar-refractivity contribution >= 4 is 54.7 Å². The number of likely N-dealkylation sites (N-methyl/N-ethyl adjacent to an activating group) is 1. The summed E-state index contributed by atoms with van der Waals surface area (Å²) in [5.41, 5.74) is 6.41. The van der Waals surface area contributed by atoms with Gasteiger partial charge in [-0.25, -0.2) is 8.78 Å². The summed E-state index contributed by atoms with van der Waals surface area (Å²) in [4.78, 5) is 14.2. The van der Waals surface area contributed by atoms with Crippen molar-refractivity contribution < 1.29 is 18.3 Å². The van der Waals surface area contributed by atoms with Crippen molar-refractivity contribution in [2.24, 2.45) is 0 Å². The SMILES string of the molecule is CN1CCCC1C1CCCC2CC(CN2)N2CCOc3c(Cl)c(-c4ccc(F)c5sc(N)c(C#N)c45)c(F)c4nc(nc2c34)O1. The molecular formula is C32H32ClF2N7O2S. The molecule has 2 aromatic carbocycles. The Kier molecular flexibility index (Phi) is 7.13. The highest BCUT2D eigenvalue weighted by Crippen LogP contribution is 2.51. The number of ether oxygens (including phenoxy) is 2. The van der Waals surface area contributed by atoms with E-state index in [1.54, 1.807) is 0 Å². The van der Waals surface area contributed by atoms with E-state index in [4.69, 9.17) is 36.8 Å². The molecule has 2 saturated heterocycles. The van der Waals surface area contributed by atoms with Gasteiger partial charge in [0.2, 0.25) is 0 Å². The molecule has 234 valence electrons. The summed E-state index contributed by atoms with van der Waals surface area (Å²) in [6, 6.07) is 5.53. The van der Waals surface area contributed by atoms with Crippen LogP contribution in [-0.4, -0.2) is 72.4 Å². The van der Waals surface area contributed by atoms with Crippen LogP contribution in [0.15, 0.2) is 12.1 Å². The Morgan fingerprint density at radius 1 is 1.16 bits per heavy atom. The number of nitrogens with one attached hydrogen (secondary N) is 1. The number of nitrogens with zero attached hydrogens (tertiary/aromatic N) is 5. The smallest absolute Gasteiger partial charge is 0.319 e. The molecule has 2 aromatic heterocycles. The zero-order chi connectivity index (χ0) is 31.0. The average molecular weight is 652 g/mol. The number of anilines is 2. The Morgan fingerprint density at radius 3 is 2.82 bits per heavy atom. The van der Waals surface area contributed by atoms with Crippen LogP contribution in [0.4, 0.5) is 19.6 Å². The number of halogens is 3. The molecule has 13 heteroatoms. The highest BCUT2D eigenvalue weighted by molar-refractivity contribution is 7.23. The highest BCUT2D eigenvalue weighted by Gasteiger charge is 2.38. The lowest BCUT2D eigenvalue weighted by Crippen LogP contribution is -2.41. The van der Waals surface area contributed by atoms with Gasteiger partial charge < -0.3 is 25.4 Å². The Hall–Kier alpha value is -3.50. The van der Waals surface area contributed by atoms with E-state index in [0.29, 0.717) is 23.8 Å². The molecule has 6 heterocycles. The van der Waals surface area contributed by atoms with E-state index in [2.05, 4.69) is 28.2 Å². The second-order valence-electron chi connectivity index (χ2n) is 12.5. The Bertz CT molecular complexity index is 1900. The largest absolute Gasteiger partial charge is 0.489 e. The lowest BCUT2D eigenvalue weighted by atomic mass is 9.96. The van der Waals surface area contributed by atoms with Crippen molar-refractivity contribution in [1.82, 2.24) is 20.2 Å². The average Bonchev–Trinajstić information content (AvgIpc) is 3.72. The number of fused-ring (bicyclic) bond motifs is 5. The van der Waals surface area contributed by atoms with Gasteiger partial charge in [0.15, 0.2) is 11.6 Å². The van der Waals surface area contributed by atoms with Crippen LogP contribution in [0.2, 0.25) is 5.02 Å². The first-order valence-electron chi connectivity index (χ1n) is 15.5. The number of hydrogen-bond donors (Lipinski definition) is 2. The number of benzene rings is 2. The molecule has 0 radical (unpaired) electrons. The van der Waals surface area contributed by atoms with Gasteiger partial charge in [0.1, 0.15) is 40.9 Å². The molecule has 45 heavy (non-hydrogen) atoms. The first-order chi connectivity index (χ1) is 21.8. The topological polar surface area (TPSA) is 113 Å². The number of rotatable bonds is 2. The third-order valence-electron chi connectivity index (χ3n) is 9.94. The standard InChI is InChI=1S/C32H32ClF2N7O2S/c1-41-9-3-5-20(41)21-6-2-4-15-12-16(14-38-15)42-10-11-43-28-24-27(39-32(44-21)40-31(24)42)26(35)23(25(28)33)17-7-8-19(34)29-22(17)18(13-36)30(37)45-29/h7-8,15-16,20-21,38H,2-6,9-12,14,37H2,1H3. The summed E-state index contributed by atoms with van der Waals surface area (Å²) in [5.74, 6) is -0.484. The van der Waals surface area contributed by atoms with E-state index in [1.807, 2.05) is 0 Å². The number of hydrogen-bond acceptors (Lipinski definition) is 10. The fraction of sp³-hybridized carbons (Fsp3) is 0.469. The van der Waals surface area contributed by atoms with Crippen molar-refractivity contribution in [2.45, 2.75) is 62.8 Å². The molecule has 2 fully saturated rings. The summed E-state index contributed by atoms with van der Waals surface area (Å²) >= 11 is 7.99. The van der Waals surface area contributed by atoms with Gasteiger partial charge in [0, 0.05) is 35.6 Å². The molecule has 0 saturated carbocycles. The number of nitrogens with two attached hydrogens (primary N) is 1. The summed E-state index contributed by atoms with van der Waals surface area (Å²) < 4.78 is 45.2. The number of likely N-dealkylation sites (tertiary alicyclic amines) is 1. The van der Waals surface area contributed by atoms with Gasteiger partial charge in [-0.1, -0.05) is 17.7 Å². The summed E-state index contributed by atoms with van der Waals surface area (Å²) in [5, 5.41) is 14.4. The van der Waals surface area contributed by atoms with E-state index in [9.17, 15) is 9.65 Å². The van der Waals surface area contributed by atoms with Gasteiger partial charge in [-0.15, -0.1) is 11.3 Å². The van der Waals surface area contributed by atoms with Crippen LogP contribution in [0, 0.1) is 23.0 Å². The maximum absolute atomic E-state index is 17.2. The van der Waals surface area contributed by atoms with Gasteiger partial charge in [-0.3, -0.25) is 4.90 Å². The highest BCUT2D eigenvalue weighted by atomic mass is 35.5. The third kappa shape index (κ3) is 4.58. The molecule has 9 nitrogen and oxygen atoms in total. The second-order valence-corrected chi connectivity index (χ2v) is 13.9. The van der Waals surface area contributed by atoms with Gasteiger partial charge in [-0.05, 0) is 63.7 Å². The molecule has 0 amide bonds. The first kappa shape index (κ1) is 28.9.